The Morgan fingerprint density at radius 2 is 1.93 bits per heavy atom. The molecule has 0 radical (unpaired) electrons. The van der Waals surface area contributed by atoms with E-state index < -0.39 is 12.8 Å². The predicted octanol–water partition coefficient (Wildman–Crippen LogP) is 4.83. The van der Waals surface area contributed by atoms with Gasteiger partial charge in [-0.3, -0.25) is 5.32 Å². The number of nitrogen functional groups attached to an aromatic ring is 1. The maximum atomic E-state index is 12.4. The van der Waals surface area contributed by atoms with Crippen LogP contribution in [0.3, 0.4) is 0 Å². The molecule has 1 heterocycles. The van der Waals surface area contributed by atoms with E-state index in [1.807, 2.05) is 31.2 Å². The quantitative estimate of drug-likeness (QED) is 0.611. The molecule has 2 aromatic carbocycles. The normalized spacial score (nSPS) is 10.8. The third-order valence-corrected chi connectivity index (χ3v) is 4.42. The number of hydrogen-bond donors (Lipinski definition) is 2. The van der Waals surface area contributed by atoms with E-state index in [9.17, 15) is 9.18 Å². The Morgan fingerprint density at radius 3 is 2.57 bits per heavy atom. The van der Waals surface area contributed by atoms with Gasteiger partial charge in [0.1, 0.15) is 19.0 Å². The number of amides is 1. The number of nitrogens with zero attached hydrogens (tertiary/aromatic N) is 1. The monoisotopic (exact) mass is 385 g/mol. The molecular weight excluding hydrogens is 361 g/mol. The molecule has 3 aromatic rings. The highest BCUT2D eigenvalue weighted by atomic mass is 19.1. The van der Waals surface area contributed by atoms with Crippen LogP contribution in [-0.2, 0) is 11.3 Å². The first-order valence-corrected chi connectivity index (χ1v) is 9.23. The number of hydrogen-bond acceptors (Lipinski definition) is 4. The minimum atomic E-state index is -0.535. The van der Waals surface area contributed by atoms with Gasteiger partial charge < -0.3 is 19.8 Å². The Hall–Kier alpha value is -3.22. The highest BCUT2D eigenvalue weighted by Gasteiger charge is 2.16. The first-order valence-electron chi connectivity index (χ1n) is 9.23. The van der Waals surface area contributed by atoms with E-state index in [1.54, 1.807) is 25.1 Å². The number of carbonyl (C=O) groups is 1. The summed E-state index contributed by atoms with van der Waals surface area (Å²) < 4.78 is 24.8. The van der Waals surface area contributed by atoms with Crippen LogP contribution in [0.25, 0.3) is 22.2 Å². The SMILES string of the molecule is CCOC(=O)Nc1ccc(-c2c(N)c3ccc(OCCF)cc3n2CC)cc1. The Kier molecular flexibility index (Phi) is 6.03. The van der Waals surface area contributed by atoms with Crippen LogP contribution in [0.1, 0.15) is 13.8 Å². The second kappa shape index (κ2) is 8.65. The first-order chi connectivity index (χ1) is 13.6. The molecule has 7 heteroatoms. The molecule has 0 bridgehead atoms. The Balaban J connectivity index is 1.97. The third-order valence-electron chi connectivity index (χ3n) is 4.42. The van der Waals surface area contributed by atoms with Crippen LogP contribution in [0.4, 0.5) is 20.6 Å². The fraction of sp³-hybridized carbons (Fsp3) is 0.286. The molecule has 3 rings (SSSR count). The van der Waals surface area contributed by atoms with Crippen molar-refractivity contribution in [2.45, 2.75) is 20.4 Å². The first kappa shape index (κ1) is 19.5. The van der Waals surface area contributed by atoms with E-state index >= 15 is 0 Å². The second-order valence-electron chi connectivity index (χ2n) is 6.15. The summed E-state index contributed by atoms with van der Waals surface area (Å²) >= 11 is 0. The summed E-state index contributed by atoms with van der Waals surface area (Å²) in [4.78, 5) is 11.6. The number of fused-ring (bicyclic) bond motifs is 1. The molecule has 0 atom stereocenters. The number of aryl methyl sites for hydroxylation is 1. The molecule has 1 aromatic heterocycles. The van der Waals surface area contributed by atoms with Crippen molar-refractivity contribution in [1.82, 2.24) is 4.57 Å². The average molecular weight is 385 g/mol. The Morgan fingerprint density at radius 1 is 1.18 bits per heavy atom. The summed E-state index contributed by atoms with van der Waals surface area (Å²) in [6, 6.07) is 13.0. The minimum Gasteiger partial charge on any atom is -0.491 e. The van der Waals surface area contributed by atoms with E-state index in [0.29, 0.717) is 30.3 Å². The lowest BCUT2D eigenvalue weighted by atomic mass is 10.1. The van der Waals surface area contributed by atoms with Gasteiger partial charge in [-0.2, -0.15) is 0 Å². The maximum absolute atomic E-state index is 12.4. The van der Waals surface area contributed by atoms with E-state index in [1.165, 1.54) is 0 Å². The van der Waals surface area contributed by atoms with Crippen molar-refractivity contribution >= 4 is 28.4 Å². The zero-order valence-electron chi connectivity index (χ0n) is 16.0. The fourth-order valence-electron chi connectivity index (χ4n) is 3.24. The van der Waals surface area contributed by atoms with Crippen LogP contribution in [0.15, 0.2) is 42.5 Å². The van der Waals surface area contributed by atoms with Crippen LogP contribution in [-0.4, -0.2) is 30.5 Å². The van der Waals surface area contributed by atoms with Gasteiger partial charge in [0.2, 0.25) is 0 Å². The Labute approximate surface area is 163 Å². The summed E-state index contributed by atoms with van der Waals surface area (Å²) in [6.45, 7) is 4.30. The summed E-state index contributed by atoms with van der Waals surface area (Å²) in [5.74, 6) is 0.609. The summed E-state index contributed by atoms with van der Waals surface area (Å²) in [5.41, 5.74) is 10.5. The van der Waals surface area contributed by atoms with Gasteiger partial charge >= 0.3 is 6.09 Å². The van der Waals surface area contributed by atoms with Crippen LogP contribution in [0.2, 0.25) is 0 Å². The summed E-state index contributed by atoms with van der Waals surface area (Å²) in [6.07, 6.45) is -0.488. The molecule has 1 amide bonds. The van der Waals surface area contributed by atoms with Gasteiger partial charge in [-0.15, -0.1) is 0 Å². The number of carbonyl (C=O) groups excluding carboxylic acids is 1. The molecule has 0 saturated carbocycles. The second-order valence-corrected chi connectivity index (χ2v) is 6.15. The zero-order chi connectivity index (χ0) is 20.1. The number of nitrogens with two attached hydrogens (primary N) is 1. The van der Waals surface area contributed by atoms with Gasteiger partial charge in [-0.25, -0.2) is 9.18 Å². The van der Waals surface area contributed by atoms with Crippen molar-refractivity contribution < 1.29 is 18.7 Å². The van der Waals surface area contributed by atoms with Gasteiger partial charge in [0.15, 0.2) is 0 Å². The van der Waals surface area contributed by atoms with E-state index in [-0.39, 0.29) is 6.61 Å². The molecule has 3 N–H and O–H groups in total. The molecule has 148 valence electrons. The highest BCUT2D eigenvalue weighted by molar-refractivity contribution is 6.01. The smallest absolute Gasteiger partial charge is 0.411 e. The minimum absolute atomic E-state index is 0.0234. The van der Waals surface area contributed by atoms with Gasteiger partial charge in [-0.05, 0) is 38.1 Å². The van der Waals surface area contributed by atoms with Gasteiger partial charge in [0.05, 0.1) is 23.5 Å². The number of nitrogens with one attached hydrogen (secondary N) is 1. The molecular formula is C21H24FN3O3. The molecule has 0 aliphatic carbocycles. The van der Waals surface area contributed by atoms with Crippen LogP contribution in [0, 0.1) is 0 Å². The van der Waals surface area contributed by atoms with Gasteiger partial charge in [0, 0.05) is 29.2 Å². The van der Waals surface area contributed by atoms with E-state index in [0.717, 1.165) is 22.2 Å². The van der Waals surface area contributed by atoms with Crippen LogP contribution in [0.5, 0.6) is 5.75 Å². The van der Waals surface area contributed by atoms with E-state index in [4.69, 9.17) is 15.2 Å². The van der Waals surface area contributed by atoms with Crippen LogP contribution >= 0.6 is 0 Å². The maximum Gasteiger partial charge on any atom is 0.411 e. The van der Waals surface area contributed by atoms with Gasteiger partial charge in [0.25, 0.3) is 0 Å². The number of aromatic nitrogens is 1. The predicted molar refractivity (Wildman–Crippen MR) is 110 cm³/mol. The van der Waals surface area contributed by atoms with Crippen molar-refractivity contribution in [1.29, 1.82) is 0 Å². The summed E-state index contributed by atoms with van der Waals surface area (Å²) in [5, 5.41) is 3.59. The lowest BCUT2D eigenvalue weighted by Gasteiger charge is -2.11. The number of rotatable bonds is 7. The lowest BCUT2D eigenvalue weighted by molar-refractivity contribution is 0.168. The molecule has 0 saturated heterocycles. The molecule has 0 fully saturated rings. The summed E-state index contributed by atoms with van der Waals surface area (Å²) in [7, 11) is 0. The number of anilines is 2. The topological polar surface area (TPSA) is 78.5 Å². The molecule has 28 heavy (non-hydrogen) atoms. The molecule has 0 aliphatic rings. The molecule has 6 nitrogen and oxygen atoms in total. The van der Waals surface area contributed by atoms with Crippen molar-refractivity contribution in [3.8, 4) is 17.0 Å². The largest absolute Gasteiger partial charge is 0.491 e. The highest BCUT2D eigenvalue weighted by Crippen LogP contribution is 2.38. The number of halogens is 1. The molecule has 0 unspecified atom stereocenters. The average Bonchev–Trinajstić information content (AvgIpc) is 2.98. The van der Waals surface area contributed by atoms with Crippen molar-refractivity contribution in [3.63, 3.8) is 0 Å². The van der Waals surface area contributed by atoms with Gasteiger partial charge in [-0.1, -0.05) is 12.1 Å². The van der Waals surface area contributed by atoms with Crippen molar-refractivity contribution in [2.24, 2.45) is 0 Å². The standard InChI is InChI=1S/C21H24FN3O3/c1-3-25-18-13-16(28-12-11-22)9-10-17(18)19(23)20(25)14-5-7-15(8-6-14)24-21(26)27-4-2/h5-10,13H,3-4,11-12,23H2,1-2H3,(H,24,26). The lowest BCUT2D eigenvalue weighted by Crippen LogP contribution is -2.13. The van der Waals surface area contributed by atoms with Crippen molar-refractivity contribution in [3.05, 3.63) is 42.5 Å². The molecule has 0 spiro atoms. The van der Waals surface area contributed by atoms with Crippen LogP contribution < -0.4 is 15.8 Å². The molecule has 0 aliphatic heterocycles. The Bertz CT molecular complexity index is 967. The number of ether oxygens (including phenoxy) is 2. The number of benzene rings is 2. The number of alkyl halides is 1. The third kappa shape index (κ3) is 3.88. The fourth-order valence-corrected chi connectivity index (χ4v) is 3.24. The zero-order valence-corrected chi connectivity index (χ0v) is 16.0. The van der Waals surface area contributed by atoms with E-state index in [2.05, 4.69) is 9.88 Å². The van der Waals surface area contributed by atoms with Crippen molar-refractivity contribution in [2.75, 3.05) is 30.9 Å².